The van der Waals surface area contributed by atoms with Crippen LogP contribution in [0.25, 0.3) is 0 Å². The number of sulfone groups is 1. The van der Waals surface area contributed by atoms with Gasteiger partial charge in [0.15, 0.2) is 9.84 Å². The summed E-state index contributed by atoms with van der Waals surface area (Å²) >= 11 is 0. The number of hydrogen-bond acceptors (Lipinski definition) is 5. The van der Waals surface area contributed by atoms with E-state index < -0.39 is 33.2 Å². The summed E-state index contributed by atoms with van der Waals surface area (Å²) in [5, 5.41) is 2.52. The van der Waals surface area contributed by atoms with Crippen molar-refractivity contribution in [3.8, 4) is 0 Å². The molecule has 0 atom stereocenters. The molecule has 8 heteroatoms. The number of morpholine rings is 1. The fourth-order valence-corrected chi connectivity index (χ4v) is 3.31. The Morgan fingerprint density at radius 2 is 1.74 bits per heavy atom. The lowest BCUT2D eigenvalue weighted by atomic mass is 10.2. The van der Waals surface area contributed by atoms with E-state index in [1.54, 1.807) is 12.1 Å². The topological polar surface area (TPSA) is 92.8 Å². The van der Waals surface area contributed by atoms with Crippen molar-refractivity contribution >= 4 is 27.3 Å². The van der Waals surface area contributed by atoms with Gasteiger partial charge in [0.05, 0.1) is 13.2 Å². The molecule has 2 amide bonds. The van der Waals surface area contributed by atoms with Gasteiger partial charge in [-0.15, -0.1) is 0 Å². The molecule has 1 aromatic rings. The third-order valence-electron chi connectivity index (χ3n) is 3.39. The van der Waals surface area contributed by atoms with Gasteiger partial charge in [-0.25, -0.2) is 8.42 Å². The number of carbonyl (C=O) groups excluding carboxylic acids is 2. The zero-order chi connectivity index (χ0) is 16.9. The van der Waals surface area contributed by atoms with Crippen LogP contribution in [0.3, 0.4) is 0 Å². The van der Waals surface area contributed by atoms with Gasteiger partial charge in [-0.3, -0.25) is 9.59 Å². The molecular weight excluding hydrogens is 320 g/mol. The highest BCUT2D eigenvalue weighted by Crippen LogP contribution is 2.09. The quantitative estimate of drug-likeness (QED) is 0.827. The number of rotatable bonds is 5. The maximum absolute atomic E-state index is 12.0. The van der Waals surface area contributed by atoms with Crippen molar-refractivity contribution in [1.29, 1.82) is 0 Å². The lowest BCUT2D eigenvalue weighted by Gasteiger charge is -2.26. The molecule has 0 aliphatic carbocycles. The van der Waals surface area contributed by atoms with E-state index in [2.05, 4.69) is 5.32 Å². The Morgan fingerprint density at radius 1 is 1.13 bits per heavy atom. The van der Waals surface area contributed by atoms with Crippen LogP contribution in [0.5, 0.6) is 0 Å². The Bertz CT molecular complexity index is 664. The maximum Gasteiger partial charge on any atom is 0.239 e. The van der Waals surface area contributed by atoms with Crippen LogP contribution in [0.15, 0.2) is 24.3 Å². The Hall–Kier alpha value is -1.93. The Morgan fingerprint density at radius 3 is 2.35 bits per heavy atom. The molecule has 2 rings (SSSR count). The van der Waals surface area contributed by atoms with E-state index >= 15 is 0 Å². The number of hydrogen-bond donors (Lipinski definition) is 1. The zero-order valence-corrected chi connectivity index (χ0v) is 13.8. The second-order valence-electron chi connectivity index (χ2n) is 5.44. The Balaban J connectivity index is 1.88. The average Bonchev–Trinajstić information content (AvgIpc) is 2.49. The van der Waals surface area contributed by atoms with Gasteiger partial charge >= 0.3 is 0 Å². The molecule has 0 radical (unpaired) electrons. The largest absolute Gasteiger partial charge is 0.378 e. The molecule has 0 saturated carbocycles. The predicted molar refractivity (Wildman–Crippen MR) is 85.9 cm³/mol. The highest BCUT2D eigenvalue weighted by Gasteiger charge is 2.25. The maximum atomic E-state index is 12.0. The summed E-state index contributed by atoms with van der Waals surface area (Å²) in [7, 11) is -3.80. The number of nitrogens with one attached hydrogen (secondary N) is 1. The fraction of sp³-hybridized carbons (Fsp3) is 0.467. The minimum absolute atomic E-state index is 0.379. The normalized spacial score (nSPS) is 15.3. The summed E-state index contributed by atoms with van der Waals surface area (Å²) in [6.45, 7) is 3.47. The summed E-state index contributed by atoms with van der Waals surface area (Å²) < 4.78 is 29.1. The first-order chi connectivity index (χ1) is 10.9. The second-order valence-corrected chi connectivity index (χ2v) is 7.50. The summed E-state index contributed by atoms with van der Waals surface area (Å²) in [5.74, 6) is -2.51. The molecule has 0 spiro atoms. The van der Waals surface area contributed by atoms with Gasteiger partial charge < -0.3 is 15.0 Å². The summed E-state index contributed by atoms with van der Waals surface area (Å²) in [6, 6.07) is 7.01. The third-order valence-corrected chi connectivity index (χ3v) is 4.78. The molecule has 23 heavy (non-hydrogen) atoms. The highest BCUT2D eigenvalue weighted by atomic mass is 32.2. The van der Waals surface area contributed by atoms with E-state index in [1.165, 1.54) is 4.90 Å². The highest BCUT2D eigenvalue weighted by molar-refractivity contribution is 7.92. The molecule has 0 unspecified atom stereocenters. The van der Waals surface area contributed by atoms with Gasteiger partial charge in [0.2, 0.25) is 11.8 Å². The molecule has 7 nitrogen and oxygen atoms in total. The van der Waals surface area contributed by atoms with Crippen LogP contribution >= 0.6 is 0 Å². The first-order valence-electron chi connectivity index (χ1n) is 7.28. The van der Waals surface area contributed by atoms with Crippen molar-refractivity contribution in [1.82, 2.24) is 4.90 Å². The van der Waals surface area contributed by atoms with Gasteiger partial charge in [-0.2, -0.15) is 0 Å². The monoisotopic (exact) mass is 340 g/mol. The summed E-state index contributed by atoms with van der Waals surface area (Å²) in [5.41, 5.74) is 1.56. The number of benzene rings is 1. The second kappa shape index (κ2) is 7.56. The molecule has 1 fully saturated rings. The van der Waals surface area contributed by atoms with Crippen LogP contribution in [0, 0.1) is 6.92 Å². The van der Waals surface area contributed by atoms with Gasteiger partial charge in [0.1, 0.15) is 11.5 Å². The standard InChI is InChI=1S/C15H20N2O5S/c1-12-2-4-13(5-3-12)16-14(18)10-23(20,21)11-15(19)17-6-8-22-9-7-17/h2-5H,6-11H2,1H3,(H,16,18). The number of nitrogens with zero attached hydrogens (tertiary/aromatic N) is 1. The average molecular weight is 340 g/mol. The van der Waals surface area contributed by atoms with E-state index in [0.717, 1.165) is 5.56 Å². The van der Waals surface area contributed by atoms with Gasteiger partial charge in [0.25, 0.3) is 0 Å². The third kappa shape index (κ3) is 5.65. The van der Waals surface area contributed by atoms with Gasteiger partial charge in [-0.05, 0) is 19.1 Å². The van der Waals surface area contributed by atoms with Crippen molar-refractivity contribution in [2.24, 2.45) is 0 Å². The zero-order valence-electron chi connectivity index (χ0n) is 12.9. The molecule has 1 aliphatic rings. The molecule has 0 aromatic heterocycles. The van der Waals surface area contributed by atoms with E-state index in [4.69, 9.17) is 4.74 Å². The van der Waals surface area contributed by atoms with Crippen LogP contribution in [0.2, 0.25) is 0 Å². The first-order valence-corrected chi connectivity index (χ1v) is 9.10. The molecule has 126 valence electrons. The van der Waals surface area contributed by atoms with Crippen molar-refractivity contribution < 1.29 is 22.7 Å². The summed E-state index contributed by atoms with van der Waals surface area (Å²) in [4.78, 5) is 25.2. The smallest absolute Gasteiger partial charge is 0.239 e. The van der Waals surface area contributed by atoms with Crippen LogP contribution in [0.4, 0.5) is 5.69 Å². The van der Waals surface area contributed by atoms with E-state index in [9.17, 15) is 18.0 Å². The Labute approximate surface area is 135 Å². The van der Waals surface area contributed by atoms with E-state index in [1.807, 2.05) is 19.1 Å². The van der Waals surface area contributed by atoms with Crippen molar-refractivity contribution in [2.75, 3.05) is 43.1 Å². The van der Waals surface area contributed by atoms with Crippen LogP contribution < -0.4 is 5.32 Å². The van der Waals surface area contributed by atoms with Crippen molar-refractivity contribution in [3.63, 3.8) is 0 Å². The van der Waals surface area contributed by atoms with Crippen LogP contribution in [-0.4, -0.2) is 62.9 Å². The fourth-order valence-electron chi connectivity index (χ4n) is 2.18. The minimum Gasteiger partial charge on any atom is -0.378 e. The molecule has 1 N–H and O–H groups in total. The lowest BCUT2D eigenvalue weighted by molar-refractivity contribution is -0.132. The number of amides is 2. The Kier molecular flexibility index (Phi) is 5.73. The number of aryl methyl sites for hydroxylation is 1. The molecule has 0 bridgehead atoms. The predicted octanol–water partition coefficient (Wildman–Crippen LogP) is 0.207. The van der Waals surface area contributed by atoms with Crippen LogP contribution in [-0.2, 0) is 24.2 Å². The van der Waals surface area contributed by atoms with E-state index in [-0.39, 0.29) is 0 Å². The first kappa shape index (κ1) is 17.4. The molecule has 1 heterocycles. The molecule has 1 aliphatic heterocycles. The summed E-state index contributed by atoms with van der Waals surface area (Å²) in [6.07, 6.45) is 0. The SMILES string of the molecule is Cc1ccc(NC(=O)CS(=O)(=O)CC(=O)N2CCOCC2)cc1. The molecule has 1 saturated heterocycles. The van der Waals surface area contributed by atoms with Gasteiger partial charge in [-0.1, -0.05) is 17.7 Å². The van der Waals surface area contributed by atoms with Gasteiger partial charge in [0, 0.05) is 18.8 Å². The lowest BCUT2D eigenvalue weighted by Crippen LogP contribution is -2.44. The van der Waals surface area contributed by atoms with Crippen LogP contribution in [0.1, 0.15) is 5.56 Å². The number of carbonyl (C=O) groups is 2. The number of ether oxygens (including phenoxy) is 1. The minimum atomic E-state index is -3.80. The van der Waals surface area contributed by atoms with E-state index in [0.29, 0.717) is 32.0 Å². The van der Waals surface area contributed by atoms with Crippen molar-refractivity contribution in [3.05, 3.63) is 29.8 Å². The molecular formula is C15H20N2O5S. The number of anilines is 1. The molecule has 1 aromatic carbocycles. The van der Waals surface area contributed by atoms with Crippen molar-refractivity contribution in [2.45, 2.75) is 6.92 Å².